The molecule has 2 aromatic carbocycles. The van der Waals surface area contributed by atoms with Crippen molar-refractivity contribution in [1.82, 2.24) is 0 Å². The van der Waals surface area contributed by atoms with E-state index in [1.54, 1.807) is 23.3 Å². The quantitative estimate of drug-likeness (QED) is 0.257. The van der Waals surface area contributed by atoms with Crippen molar-refractivity contribution in [2.24, 2.45) is 0 Å². The Morgan fingerprint density at radius 3 is 2.15 bits per heavy atom. The molecule has 0 saturated carbocycles. The van der Waals surface area contributed by atoms with E-state index in [0.29, 0.717) is 4.83 Å². The van der Waals surface area contributed by atoms with Crippen molar-refractivity contribution in [2.75, 3.05) is 0 Å². The summed E-state index contributed by atoms with van der Waals surface area (Å²) < 4.78 is 0. The van der Waals surface area contributed by atoms with Crippen LogP contribution in [0, 0.1) is 6.08 Å². The molecule has 0 heterocycles. The van der Waals surface area contributed by atoms with Crippen LogP contribution in [0.4, 0.5) is 0 Å². The summed E-state index contributed by atoms with van der Waals surface area (Å²) in [4.78, 5) is 0.318. The number of alkyl halides is 1. The van der Waals surface area contributed by atoms with Crippen LogP contribution in [-0.2, 0) is 23.3 Å². The van der Waals surface area contributed by atoms with E-state index in [0.717, 1.165) is 0 Å². The van der Waals surface area contributed by atoms with Gasteiger partial charge in [-0.1, -0.05) is 52.7 Å². The number of hydrogen-bond donors (Lipinski definition) is 0. The molecular formula is C21H21BrCl2SiZr-2. The third-order valence-electron chi connectivity index (χ3n) is 3.41. The van der Waals surface area contributed by atoms with Gasteiger partial charge in [0.15, 0.2) is 0 Å². The average Bonchev–Trinajstić information content (AvgIpc) is 3.19. The first kappa shape index (κ1) is 26.0. The zero-order valence-corrected chi connectivity index (χ0v) is 21.6. The van der Waals surface area contributed by atoms with Gasteiger partial charge in [0.05, 0.1) is 0 Å². The summed E-state index contributed by atoms with van der Waals surface area (Å²) in [7, 11) is 0. The Bertz CT molecular complexity index is 771. The molecule has 2 aromatic rings. The molecule has 1 unspecified atom stereocenters. The van der Waals surface area contributed by atoms with Gasteiger partial charge in [-0.3, -0.25) is 0 Å². The Balaban J connectivity index is 0.000000480. The Morgan fingerprint density at radius 2 is 1.62 bits per heavy atom. The second-order valence-electron chi connectivity index (χ2n) is 5.92. The number of allylic oxidation sites excluding steroid dienone is 5. The first-order valence-corrected chi connectivity index (χ1v) is 15.0. The number of hydrogen-bond acceptors (Lipinski definition) is 0. The monoisotopic (exact) mass is 540 g/mol. The fourth-order valence-corrected chi connectivity index (χ4v) is 3.27. The van der Waals surface area contributed by atoms with Gasteiger partial charge in [-0.2, -0.15) is 29.8 Å². The molecule has 0 amide bonds. The van der Waals surface area contributed by atoms with Crippen molar-refractivity contribution in [2.45, 2.75) is 24.8 Å². The summed E-state index contributed by atoms with van der Waals surface area (Å²) in [6.07, 6.45) is 7.81. The van der Waals surface area contributed by atoms with Crippen LogP contribution in [0.1, 0.15) is 22.9 Å². The summed E-state index contributed by atoms with van der Waals surface area (Å²) in [5.74, 6) is 0. The molecule has 0 bridgehead atoms. The second kappa shape index (κ2) is 13.2. The zero-order valence-electron chi connectivity index (χ0n) is 15.1. The topological polar surface area (TPSA) is 0 Å². The van der Waals surface area contributed by atoms with Gasteiger partial charge in [-0.15, -0.1) is 23.3 Å². The Morgan fingerprint density at radius 1 is 1.04 bits per heavy atom. The summed E-state index contributed by atoms with van der Waals surface area (Å²) in [5, 5.41) is 0. The molecule has 0 aromatic heterocycles. The Labute approximate surface area is 193 Å². The molecule has 26 heavy (non-hydrogen) atoms. The van der Waals surface area contributed by atoms with Gasteiger partial charge in [0, 0.05) is 4.83 Å². The first-order chi connectivity index (χ1) is 11.5. The maximum absolute atomic E-state index is 3.76. The van der Waals surface area contributed by atoms with Gasteiger partial charge in [-0.25, -0.2) is 12.1 Å². The van der Waals surface area contributed by atoms with Crippen molar-refractivity contribution < 1.29 is 48.1 Å². The largest absolute Gasteiger partial charge is 1.00 e. The molecule has 0 spiro atoms. The second-order valence-corrected chi connectivity index (χ2v) is 16.2. The smallest absolute Gasteiger partial charge is 0.172 e. The predicted octanol–water partition coefficient (Wildman–Crippen LogP) is 0.407. The van der Waals surface area contributed by atoms with Crippen molar-refractivity contribution >= 4 is 27.4 Å². The standard InChI is InChI=1S/C14H10Br.C5H5.C2H6Si.2ClH.Zr/c1-9-6-11-8-10-4-2-3-5-12(10)14(15)13(11)7-9;1-2-4-5-3-1;1-3-2;;;/h2-5,7-8,14H,1H3;1-5H;1-2H3;2*1H;/q2*-1;;;;+2/p-2. The van der Waals surface area contributed by atoms with Crippen LogP contribution in [0.5, 0.6) is 0 Å². The minimum atomic E-state index is 0. The molecule has 0 fully saturated rings. The van der Waals surface area contributed by atoms with E-state index in [1.807, 2.05) is 30.3 Å². The van der Waals surface area contributed by atoms with Gasteiger partial charge in [0.25, 0.3) is 0 Å². The molecule has 1 atom stereocenters. The first-order valence-electron chi connectivity index (χ1n) is 7.94. The third kappa shape index (κ3) is 7.90. The minimum absolute atomic E-state index is 0. The number of halogens is 3. The summed E-state index contributed by atoms with van der Waals surface area (Å²) in [6, 6.07) is 18.5. The molecule has 136 valence electrons. The average molecular weight is 544 g/mol. The molecule has 0 saturated heterocycles. The van der Waals surface area contributed by atoms with Gasteiger partial charge < -0.3 is 24.8 Å². The van der Waals surface area contributed by atoms with E-state index in [4.69, 9.17) is 0 Å². The number of benzene rings is 1. The van der Waals surface area contributed by atoms with Crippen LogP contribution in [-0.4, -0.2) is 5.43 Å². The van der Waals surface area contributed by atoms with Crippen molar-refractivity contribution in [3.05, 3.63) is 94.6 Å². The summed E-state index contributed by atoms with van der Waals surface area (Å²) in [6.45, 7) is 6.71. The molecule has 0 N–H and O–H groups in total. The summed E-state index contributed by atoms with van der Waals surface area (Å²) in [5.41, 5.74) is 6.65. The van der Waals surface area contributed by atoms with Crippen LogP contribution in [0.2, 0.25) is 13.1 Å². The molecule has 2 aliphatic carbocycles. The molecule has 0 nitrogen and oxygen atoms in total. The van der Waals surface area contributed by atoms with E-state index < -0.39 is 0 Å². The summed E-state index contributed by atoms with van der Waals surface area (Å²) >= 11 is 5.50. The predicted molar refractivity (Wildman–Crippen MR) is 106 cm³/mol. The van der Waals surface area contributed by atoms with E-state index in [9.17, 15) is 0 Å². The van der Waals surface area contributed by atoms with Crippen LogP contribution in [0.25, 0.3) is 6.08 Å². The van der Waals surface area contributed by atoms with Crippen LogP contribution < -0.4 is 24.8 Å². The van der Waals surface area contributed by atoms with Gasteiger partial charge >= 0.3 is 41.9 Å². The van der Waals surface area contributed by atoms with E-state index in [-0.39, 0.29) is 30.2 Å². The molecule has 5 heteroatoms. The van der Waals surface area contributed by atoms with Gasteiger partial charge in [0.1, 0.15) is 0 Å². The minimum Gasteiger partial charge on any atom is -1.00 e. The van der Waals surface area contributed by atoms with Gasteiger partial charge in [-0.05, 0) is 5.56 Å². The van der Waals surface area contributed by atoms with E-state index in [2.05, 4.69) is 78.4 Å². The fraction of sp³-hybridized carbons (Fsp3) is 0.190. The van der Waals surface area contributed by atoms with Crippen molar-refractivity contribution in [3.8, 4) is 0 Å². The Hall–Kier alpha value is -0.0500. The van der Waals surface area contributed by atoms with Gasteiger partial charge in [0.2, 0.25) is 0 Å². The zero-order chi connectivity index (χ0) is 17.5. The maximum atomic E-state index is 3.76. The van der Waals surface area contributed by atoms with Crippen molar-refractivity contribution in [3.63, 3.8) is 0 Å². The SMILES string of the molecule is CC1=[C-]C2=Cc3ccccc3C(Br)C2=C1.C[Si](C)=[Zr+2].[Cl-].[Cl-].c1cc[cH-]c1. The third-order valence-corrected chi connectivity index (χ3v) is 4.40. The normalized spacial score (nSPS) is 15.6. The van der Waals surface area contributed by atoms with Crippen LogP contribution >= 0.6 is 15.9 Å². The van der Waals surface area contributed by atoms with E-state index in [1.165, 1.54) is 27.8 Å². The van der Waals surface area contributed by atoms with Crippen LogP contribution in [0.15, 0.2) is 77.4 Å². The van der Waals surface area contributed by atoms with E-state index >= 15 is 0 Å². The number of fused-ring (bicyclic) bond motifs is 2. The molecular weight excluding hydrogens is 522 g/mol. The van der Waals surface area contributed by atoms with Crippen LogP contribution in [0.3, 0.4) is 0 Å². The fourth-order valence-electron chi connectivity index (χ4n) is 2.48. The number of rotatable bonds is 0. The molecule has 2 aliphatic rings. The Kier molecular flexibility index (Phi) is 13.2. The molecule has 0 radical (unpaired) electrons. The maximum Gasteiger partial charge on any atom is -0.172 e. The molecule has 4 rings (SSSR count). The van der Waals surface area contributed by atoms with Crippen molar-refractivity contribution in [1.29, 1.82) is 0 Å². The molecule has 0 aliphatic heterocycles.